The molecule has 1 unspecified atom stereocenters. The molecule has 1 N–H and O–H groups in total. The van der Waals surface area contributed by atoms with Gasteiger partial charge in [0.15, 0.2) is 0 Å². The molecule has 1 rings (SSSR count). The predicted octanol–water partition coefficient (Wildman–Crippen LogP) is 3.33. The highest BCUT2D eigenvalue weighted by Crippen LogP contribution is 2.30. The van der Waals surface area contributed by atoms with Gasteiger partial charge < -0.3 is 10.0 Å². The summed E-state index contributed by atoms with van der Waals surface area (Å²) in [5, 5.41) is 9.98. The first-order valence-electron chi connectivity index (χ1n) is 6.24. The summed E-state index contributed by atoms with van der Waals surface area (Å²) < 4.78 is 37.7. The van der Waals surface area contributed by atoms with Gasteiger partial charge in [-0.1, -0.05) is 26.0 Å². The van der Waals surface area contributed by atoms with E-state index in [4.69, 9.17) is 0 Å². The minimum absolute atomic E-state index is 0.297. The maximum Gasteiger partial charge on any atom is 0.416 e. The second-order valence-electron chi connectivity index (χ2n) is 5.25. The monoisotopic (exact) mass is 275 g/mol. The van der Waals surface area contributed by atoms with Crippen molar-refractivity contribution in [3.05, 3.63) is 35.4 Å². The lowest BCUT2D eigenvalue weighted by Crippen LogP contribution is -2.28. The fraction of sp³-hybridized carbons (Fsp3) is 0.571. The van der Waals surface area contributed by atoms with Gasteiger partial charge in [0, 0.05) is 13.1 Å². The van der Waals surface area contributed by atoms with Gasteiger partial charge >= 0.3 is 6.18 Å². The van der Waals surface area contributed by atoms with E-state index in [1.165, 1.54) is 12.1 Å². The van der Waals surface area contributed by atoms with Gasteiger partial charge in [0.2, 0.25) is 0 Å². The van der Waals surface area contributed by atoms with E-state index in [9.17, 15) is 18.3 Å². The number of rotatable bonds is 5. The van der Waals surface area contributed by atoms with Crippen LogP contribution in [0.4, 0.5) is 13.2 Å². The average molecular weight is 275 g/mol. The van der Waals surface area contributed by atoms with Crippen LogP contribution in [0.5, 0.6) is 0 Å². The molecule has 0 bridgehead atoms. The number of aliphatic hydroxyl groups excluding tert-OH is 1. The van der Waals surface area contributed by atoms with Crippen molar-refractivity contribution in [1.29, 1.82) is 0 Å². The molecule has 0 aliphatic heterocycles. The molecule has 0 aliphatic carbocycles. The number of halogens is 3. The molecular formula is C14H20F3NO. The molecular weight excluding hydrogens is 255 g/mol. The molecule has 0 fully saturated rings. The summed E-state index contributed by atoms with van der Waals surface area (Å²) in [6, 6.07) is 4.86. The van der Waals surface area contributed by atoms with Crippen LogP contribution in [0, 0.1) is 5.92 Å². The molecule has 0 spiro atoms. The van der Waals surface area contributed by atoms with Crippen LogP contribution in [0.1, 0.15) is 31.1 Å². The Morgan fingerprint density at radius 1 is 1.21 bits per heavy atom. The zero-order valence-corrected chi connectivity index (χ0v) is 11.4. The standard InChI is InChI=1S/C14H20F3NO/c1-10(2)8-18(3)9-13(19)11-5-4-6-12(7-11)14(15,16)17/h4-7,10,13,19H,8-9H2,1-3H3. The molecule has 5 heteroatoms. The maximum atomic E-state index is 12.6. The van der Waals surface area contributed by atoms with E-state index in [0.717, 1.165) is 18.7 Å². The van der Waals surface area contributed by atoms with Crippen molar-refractivity contribution in [2.24, 2.45) is 5.92 Å². The topological polar surface area (TPSA) is 23.5 Å². The van der Waals surface area contributed by atoms with Crippen LogP contribution in [-0.2, 0) is 6.18 Å². The Kier molecular flexibility index (Phi) is 5.38. The Balaban J connectivity index is 2.74. The molecule has 0 saturated carbocycles. The van der Waals surface area contributed by atoms with Gasteiger partial charge in [-0.25, -0.2) is 0 Å². The van der Waals surface area contributed by atoms with E-state index >= 15 is 0 Å². The van der Waals surface area contributed by atoms with Crippen molar-refractivity contribution in [2.45, 2.75) is 26.1 Å². The zero-order valence-electron chi connectivity index (χ0n) is 11.4. The van der Waals surface area contributed by atoms with E-state index in [0.29, 0.717) is 18.0 Å². The highest BCUT2D eigenvalue weighted by atomic mass is 19.4. The van der Waals surface area contributed by atoms with E-state index in [-0.39, 0.29) is 0 Å². The number of hydrogen-bond donors (Lipinski definition) is 1. The molecule has 1 atom stereocenters. The lowest BCUT2D eigenvalue weighted by atomic mass is 10.0. The minimum Gasteiger partial charge on any atom is -0.387 e. The molecule has 0 aromatic heterocycles. The number of nitrogens with zero attached hydrogens (tertiary/aromatic N) is 1. The van der Waals surface area contributed by atoms with Crippen molar-refractivity contribution >= 4 is 0 Å². The van der Waals surface area contributed by atoms with Gasteiger partial charge in [0.05, 0.1) is 11.7 Å². The number of aliphatic hydroxyl groups is 1. The summed E-state index contributed by atoms with van der Waals surface area (Å²) in [4.78, 5) is 1.91. The number of likely N-dealkylation sites (N-methyl/N-ethyl adjacent to an activating group) is 1. The highest BCUT2D eigenvalue weighted by molar-refractivity contribution is 5.27. The Morgan fingerprint density at radius 3 is 2.37 bits per heavy atom. The van der Waals surface area contributed by atoms with Crippen LogP contribution in [0.25, 0.3) is 0 Å². The first-order valence-corrected chi connectivity index (χ1v) is 6.24. The van der Waals surface area contributed by atoms with Crippen molar-refractivity contribution in [3.8, 4) is 0 Å². The van der Waals surface area contributed by atoms with Crippen LogP contribution in [0.15, 0.2) is 24.3 Å². The second kappa shape index (κ2) is 6.39. The van der Waals surface area contributed by atoms with Crippen LogP contribution < -0.4 is 0 Å². The van der Waals surface area contributed by atoms with Gasteiger partial charge in [-0.2, -0.15) is 13.2 Å². The summed E-state index contributed by atoms with van der Waals surface area (Å²) in [5.41, 5.74) is -0.430. The molecule has 0 saturated heterocycles. The summed E-state index contributed by atoms with van der Waals surface area (Å²) in [6.45, 7) is 5.20. The molecule has 108 valence electrons. The third kappa shape index (κ3) is 5.20. The molecule has 0 radical (unpaired) electrons. The second-order valence-corrected chi connectivity index (χ2v) is 5.25. The summed E-state index contributed by atoms with van der Waals surface area (Å²) in [5.74, 6) is 0.443. The quantitative estimate of drug-likeness (QED) is 0.891. The minimum atomic E-state index is -4.38. The highest BCUT2D eigenvalue weighted by Gasteiger charge is 2.30. The number of hydrogen-bond acceptors (Lipinski definition) is 2. The third-order valence-electron chi connectivity index (χ3n) is 2.76. The Morgan fingerprint density at radius 2 is 1.84 bits per heavy atom. The van der Waals surface area contributed by atoms with Crippen molar-refractivity contribution in [3.63, 3.8) is 0 Å². The predicted molar refractivity (Wildman–Crippen MR) is 68.7 cm³/mol. The van der Waals surface area contributed by atoms with Gasteiger partial charge in [0.25, 0.3) is 0 Å². The average Bonchev–Trinajstić information content (AvgIpc) is 2.26. The van der Waals surface area contributed by atoms with Gasteiger partial charge in [0.1, 0.15) is 0 Å². The maximum absolute atomic E-state index is 12.6. The van der Waals surface area contributed by atoms with Gasteiger partial charge in [-0.15, -0.1) is 0 Å². The first-order chi connectivity index (χ1) is 8.70. The van der Waals surface area contributed by atoms with Gasteiger partial charge in [-0.05, 0) is 30.7 Å². The van der Waals surface area contributed by atoms with E-state index in [1.54, 1.807) is 0 Å². The van der Waals surface area contributed by atoms with Gasteiger partial charge in [-0.3, -0.25) is 0 Å². The summed E-state index contributed by atoms with van der Waals surface area (Å²) in [6.07, 6.45) is -5.29. The number of benzene rings is 1. The van der Waals surface area contributed by atoms with E-state index in [1.807, 2.05) is 25.8 Å². The largest absolute Gasteiger partial charge is 0.416 e. The van der Waals surface area contributed by atoms with Crippen molar-refractivity contribution in [1.82, 2.24) is 4.90 Å². The van der Waals surface area contributed by atoms with E-state index in [2.05, 4.69) is 0 Å². The lowest BCUT2D eigenvalue weighted by molar-refractivity contribution is -0.137. The van der Waals surface area contributed by atoms with Crippen molar-refractivity contribution < 1.29 is 18.3 Å². The molecule has 1 aromatic carbocycles. The van der Waals surface area contributed by atoms with Crippen molar-refractivity contribution in [2.75, 3.05) is 20.1 Å². The fourth-order valence-corrected chi connectivity index (χ4v) is 2.02. The summed E-state index contributed by atoms with van der Waals surface area (Å²) in [7, 11) is 1.84. The van der Waals surface area contributed by atoms with Crippen LogP contribution in [-0.4, -0.2) is 30.1 Å². The molecule has 1 aromatic rings. The molecule has 0 amide bonds. The molecule has 0 aliphatic rings. The Hall–Kier alpha value is -1.07. The molecule has 2 nitrogen and oxygen atoms in total. The summed E-state index contributed by atoms with van der Waals surface area (Å²) >= 11 is 0. The normalized spacial score (nSPS) is 14.2. The third-order valence-corrected chi connectivity index (χ3v) is 2.76. The Bertz CT molecular complexity index is 404. The molecule has 0 heterocycles. The first kappa shape index (κ1) is 16.0. The van der Waals surface area contributed by atoms with Crippen LogP contribution in [0.3, 0.4) is 0 Å². The molecule has 19 heavy (non-hydrogen) atoms. The SMILES string of the molecule is CC(C)CN(C)CC(O)c1cccc(C(F)(F)F)c1. The van der Waals surface area contributed by atoms with Crippen LogP contribution >= 0.6 is 0 Å². The lowest BCUT2D eigenvalue weighted by Gasteiger charge is -2.22. The zero-order chi connectivity index (χ0) is 14.6. The Labute approximate surface area is 111 Å². The van der Waals surface area contributed by atoms with E-state index < -0.39 is 17.8 Å². The van der Waals surface area contributed by atoms with Crippen LogP contribution in [0.2, 0.25) is 0 Å². The number of alkyl halides is 3. The fourth-order valence-electron chi connectivity index (χ4n) is 2.02. The smallest absolute Gasteiger partial charge is 0.387 e.